The van der Waals surface area contributed by atoms with Crippen molar-refractivity contribution in [3.63, 3.8) is 0 Å². The van der Waals surface area contributed by atoms with Crippen molar-refractivity contribution in [1.82, 2.24) is 10.1 Å². The van der Waals surface area contributed by atoms with E-state index < -0.39 is 6.10 Å². The summed E-state index contributed by atoms with van der Waals surface area (Å²) in [6.45, 7) is 3.98. The Morgan fingerprint density at radius 2 is 2.25 bits per heavy atom. The summed E-state index contributed by atoms with van der Waals surface area (Å²) in [5, 5.41) is 13.3. The molecule has 0 spiro atoms. The Labute approximate surface area is 97.9 Å². The number of aryl methyl sites for hydroxylation is 1. The van der Waals surface area contributed by atoms with Crippen LogP contribution in [0.4, 0.5) is 0 Å². The number of nitrogens with zero attached hydrogens (tertiary/aromatic N) is 2. The normalized spacial score (nSPS) is 12.9. The number of hydrogen-bond donors (Lipinski definition) is 1. The van der Waals surface area contributed by atoms with Gasteiger partial charge < -0.3 is 9.63 Å². The summed E-state index contributed by atoms with van der Waals surface area (Å²) in [6.07, 6.45) is 0.954. The van der Waals surface area contributed by atoms with Crippen molar-refractivity contribution in [3.05, 3.63) is 22.8 Å². The third-order valence-electron chi connectivity index (χ3n) is 2.35. The maximum absolute atomic E-state index is 9.56. The fourth-order valence-corrected chi connectivity index (χ4v) is 2.20. The largest absolute Gasteiger partial charge is 0.385 e. The number of aromatic nitrogens is 2. The lowest BCUT2D eigenvalue weighted by molar-refractivity contribution is 0.159. The molecule has 86 valence electrons. The molecule has 1 N–H and O–H groups in total. The van der Waals surface area contributed by atoms with Gasteiger partial charge in [-0.25, -0.2) is 0 Å². The molecule has 5 heteroatoms. The van der Waals surface area contributed by atoms with E-state index in [4.69, 9.17) is 4.52 Å². The summed E-state index contributed by atoms with van der Waals surface area (Å²) >= 11 is 1.64. The molecule has 0 fully saturated rings. The molecule has 1 atom stereocenters. The highest BCUT2D eigenvalue weighted by Gasteiger charge is 2.15. The molecule has 0 aliphatic rings. The van der Waals surface area contributed by atoms with Gasteiger partial charge in [-0.3, -0.25) is 0 Å². The molecule has 0 amide bonds. The predicted octanol–water partition coefficient (Wildman–Crippen LogP) is 2.80. The average Bonchev–Trinajstić information content (AvgIpc) is 2.95. The molecule has 0 aromatic carbocycles. The first-order valence-electron chi connectivity index (χ1n) is 5.35. The van der Waals surface area contributed by atoms with Gasteiger partial charge >= 0.3 is 0 Å². The highest BCUT2D eigenvalue weighted by molar-refractivity contribution is 7.15. The van der Waals surface area contributed by atoms with Crippen molar-refractivity contribution in [3.8, 4) is 10.8 Å². The van der Waals surface area contributed by atoms with Gasteiger partial charge in [0.1, 0.15) is 6.10 Å². The molecule has 0 aliphatic heterocycles. The number of hydrogen-bond acceptors (Lipinski definition) is 5. The van der Waals surface area contributed by atoms with Crippen LogP contribution in [0.1, 0.15) is 37.1 Å². The minimum Gasteiger partial charge on any atom is -0.385 e. The fraction of sp³-hybridized carbons (Fsp3) is 0.455. The van der Waals surface area contributed by atoms with Crippen LogP contribution in [-0.4, -0.2) is 15.2 Å². The number of aliphatic hydroxyl groups is 1. The van der Waals surface area contributed by atoms with Gasteiger partial charge in [-0.05, 0) is 25.0 Å². The summed E-state index contributed by atoms with van der Waals surface area (Å²) in [5.74, 6) is 0.858. The van der Waals surface area contributed by atoms with Gasteiger partial charge in [-0.15, -0.1) is 11.3 Å². The lowest BCUT2D eigenvalue weighted by atomic mass is 10.3. The molecule has 0 saturated heterocycles. The Hall–Kier alpha value is -1.20. The van der Waals surface area contributed by atoms with Gasteiger partial charge in [0.25, 0.3) is 5.89 Å². The van der Waals surface area contributed by atoms with Crippen LogP contribution in [0, 0.1) is 0 Å². The third-order valence-corrected chi connectivity index (χ3v) is 3.56. The molecular formula is C11H14N2O2S. The second-order valence-electron chi connectivity index (χ2n) is 3.50. The zero-order valence-electron chi connectivity index (χ0n) is 9.30. The van der Waals surface area contributed by atoms with E-state index in [1.807, 2.05) is 13.0 Å². The lowest BCUT2D eigenvalue weighted by Gasteiger charge is -1.97. The van der Waals surface area contributed by atoms with Gasteiger partial charge in [0.15, 0.2) is 0 Å². The minimum absolute atomic E-state index is 0.365. The lowest BCUT2D eigenvalue weighted by Crippen LogP contribution is -1.97. The van der Waals surface area contributed by atoms with Gasteiger partial charge in [0.2, 0.25) is 5.82 Å². The first-order chi connectivity index (χ1) is 7.74. The molecule has 0 saturated carbocycles. The standard InChI is InChI=1S/C11H14N2O2S/c1-3-7-5-6-9(16-7)11-12-10(13-15-11)8(14)4-2/h5-6,8,14H,3-4H2,1-2H3. The molecule has 2 aromatic rings. The molecule has 4 nitrogen and oxygen atoms in total. The van der Waals surface area contributed by atoms with Gasteiger partial charge in [-0.2, -0.15) is 4.98 Å². The molecule has 2 heterocycles. The molecule has 0 bridgehead atoms. The van der Waals surface area contributed by atoms with Crippen molar-refractivity contribution in [2.24, 2.45) is 0 Å². The van der Waals surface area contributed by atoms with Crippen LogP contribution in [-0.2, 0) is 6.42 Å². The molecule has 2 aromatic heterocycles. The monoisotopic (exact) mass is 238 g/mol. The van der Waals surface area contributed by atoms with Crippen molar-refractivity contribution in [1.29, 1.82) is 0 Å². The Balaban J connectivity index is 2.24. The smallest absolute Gasteiger partial charge is 0.268 e. The van der Waals surface area contributed by atoms with Crippen LogP contribution in [0.25, 0.3) is 10.8 Å². The summed E-state index contributed by atoms with van der Waals surface area (Å²) < 4.78 is 5.12. The Morgan fingerprint density at radius 3 is 2.88 bits per heavy atom. The first kappa shape index (κ1) is 11.3. The van der Waals surface area contributed by atoms with Crippen LogP contribution >= 0.6 is 11.3 Å². The van der Waals surface area contributed by atoms with Crippen molar-refractivity contribution in [2.75, 3.05) is 0 Å². The summed E-state index contributed by atoms with van der Waals surface area (Å²) in [4.78, 5) is 6.42. The number of aliphatic hydroxyl groups excluding tert-OH is 1. The van der Waals surface area contributed by atoms with E-state index in [1.165, 1.54) is 4.88 Å². The number of thiophene rings is 1. The zero-order chi connectivity index (χ0) is 11.5. The molecule has 0 aliphatic carbocycles. The Kier molecular flexibility index (Phi) is 3.36. The summed E-state index contributed by atoms with van der Waals surface area (Å²) in [5.41, 5.74) is 0. The van der Waals surface area contributed by atoms with Crippen molar-refractivity contribution in [2.45, 2.75) is 32.8 Å². The van der Waals surface area contributed by atoms with Gasteiger partial charge in [0.05, 0.1) is 4.88 Å². The summed E-state index contributed by atoms with van der Waals surface area (Å²) in [7, 11) is 0. The van der Waals surface area contributed by atoms with E-state index in [2.05, 4.69) is 23.1 Å². The van der Waals surface area contributed by atoms with Crippen LogP contribution in [0.5, 0.6) is 0 Å². The average molecular weight is 238 g/mol. The van der Waals surface area contributed by atoms with Crippen LogP contribution < -0.4 is 0 Å². The highest BCUT2D eigenvalue weighted by Crippen LogP contribution is 2.28. The van der Waals surface area contributed by atoms with E-state index in [9.17, 15) is 5.11 Å². The second kappa shape index (κ2) is 4.76. The molecule has 1 unspecified atom stereocenters. The summed E-state index contributed by atoms with van der Waals surface area (Å²) in [6, 6.07) is 4.03. The maximum atomic E-state index is 9.56. The molecular weight excluding hydrogens is 224 g/mol. The zero-order valence-corrected chi connectivity index (χ0v) is 10.1. The topological polar surface area (TPSA) is 59.2 Å². The van der Waals surface area contributed by atoms with Crippen LogP contribution in [0.2, 0.25) is 0 Å². The van der Waals surface area contributed by atoms with Crippen molar-refractivity contribution >= 4 is 11.3 Å². The highest BCUT2D eigenvalue weighted by atomic mass is 32.1. The quantitative estimate of drug-likeness (QED) is 0.889. The van der Waals surface area contributed by atoms with E-state index in [0.29, 0.717) is 18.1 Å². The minimum atomic E-state index is -0.636. The number of rotatable bonds is 4. The second-order valence-corrected chi connectivity index (χ2v) is 4.67. The fourth-order valence-electron chi connectivity index (χ4n) is 1.34. The van der Waals surface area contributed by atoms with E-state index in [0.717, 1.165) is 11.3 Å². The Bertz CT molecular complexity index is 464. The van der Waals surface area contributed by atoms with E-state index in [1.54, 1.807) is 11.3 Å². The SMILES string of the molecule is CCc1ccc(-c2nc(C(O)CC)no2)s1. The van der Waals surface area contributed by atoms with Gasteiger partial charge in [-0.1, -0.05) is 19.0 Å². The van der Waals surface area contributed by atoms with Crippen LogP contribution in [0.3, 0.4) is 0 Å². The molecule has 16 heavy (non-hydrogen) atoms. The van der Waals surface area contributed by atoms with E-state index in [-0.39, 0.29) is 0 Å². The Morgan fingerprint density at radius 1 is 1.44 bits per heavy atom. The molecule has 0 radical (unpaired) electrons. The third kappa shape index (κ3) is 2.15. The molecule has 2 rings (SSSR count). The van der Waals surface area contributed by atoms with Crippen LogP contribution in [0.15, 0.2) is 16.7 Å². The van der Waals surface area contributed by atoms with E-state index >= 15 is 0 Å². The van der Waals surface area contributed by atoms with Crippen molar-refractivity contribution < 1.29 is 9.63 Å². The van der Waals surface area contributed by atoms with Gasteiger partial charge in [0, 0.05) is 4.88 Å². The first-order valence-corrected chi connectivity index (χ1v) is 6.17. The predicted molar refractivity (Wildman–Crippen MR) is 62.2 cm³/mol. The maximum Gasteiger partial charge on any atom is 0.268 e.